The summed E-state index contributed by atoms with van der Waals surface area (Å²) >= 11 is 0. The number of ether oxygens (including phenoxy) is 1. The summed E-state index contributed by atoms with van der Waals surface area (Å²) in [5, 5.41) is 0. The molecule has 0 aliphatic carbocycles. The maximum atomic E-state index is 5.58. The highest BCUT2D eigenvalue weighted by Crippen LogP contribution is 2.18. The summed E-state index contributed by atoms with van der Waals surface area (Å²) in [7, 11) is 2.09. The number of benzene rings is 1. The summed E-state index contributed by atoms with van der Waals surface area (Å²) in [6.07, 6.45) is 1.66. The number of hydrogen-bond acceptors (Lipinski definition) is 1. The van der Waals surface area contributed by atoms with E-state index < -0.39 is 0 Å². The molecule has 1 aromatic rings. The van der Waals surface area contributed by atoms with Crippen molar-refractivity contribution in [3.8, 4) is 17.6 Å². The van der Waals surface area contributed by atoms with Crippen LogP contribution in [0.1, 0.15) is 12.0 Å². The van der Waals surface area contributed by atoms with Crippen LogP contribution in [-0.4, -0.2) is 14.5 Å². The Labute approximate surface area is 79.5 Å². The first-order chi connectivity index (χ1) is 6.36. The third-order valence-electron chi connectivity index (χ3n) is 2.10. The molecule has 2 rings (SSSR count). The predicted molar refractivity (Wildman–Crippen MR) is 56.2 cm³/mol. The summed E-state index contributed by atoms with van der Waals surface area (Å²) in [5.41, 5.74) is 2.48. The lowest BCUT2D eigenvalue weighted by Crippen LogP contribution is -2.07. The largest absolute Gasteiger partial charge is 0.492 e. The molecular weight excluding hydrogens is 159 g/mol. The summed E-state index contributed by atoms with van der Waals surface area (Å²) < 4.78 is 5.58. The quantitative estimate of drug-likeness (QED) is 0.401. The van der Waals surface area contributed by atoms with Gasteiger partial charge in [0, 0.05) is 18.4 Å². The van der Waals surface area contributed by atoms with Crippen LogP contribution in [0.4, 0.5) is 0 Å². The molecule has 1 aromatic carbocycles. The number of hydrogen-bond donors (Lipinski definition) is 0. The van der Waals surface area contributed by atoms with E-state index in [9.17, 15) is 0 Å². The Morgan fingerprint density at radius 3 is 3.15 bits per heavy atom. The van der Waals surface area contributed by atoms with Crippen LogP contribution >= 0.6 is 0 Å². The maximum Gasteiger partial charge on any atom is 0.139 e. The average Bonchev–Trinajstić information content (AvgIpc) is 2.08. The second-order valence-electron chi connectivity index (χ2n) is 3.24. The van der Waals surface area contributed by atoms with Crippen LogP contribution in [0.15, 0.2) is 18.2 Å². The Bertz CT molecular complexity index is 373. The molecular formula is C11H11BO. The average molecular weight is 170 g/mol. The molecule has 1 aliphatic heterocycles. The van der Waals surface area contributed by atoms with Gasteiger partial charge in [-0.1, -0.05) is 29.4 Å². The Balaban J connectivity index is 2.39. The fourth-order valence-corrected chi connectivity index (χ4v) is 1.45. The van der Waals surface area contributed by atoms with E-state index in [0.29, 0.717) is 6.61 Å². The van der Waals surface area contributed by atoms with Gasteiger partial charge in [-0.15, -0.1) is 0 Å². The summed E-state index contributed by atoms with van der Waals surface area (Å²) in [6.45, 7) is 0.711. The lowest BCUT2D eigenvalue weighted by atomic mass is 9.93. The minimum absolute atomic E-state index is 0.711. The third-order valence-corrected chi connectivity index (χ3v) is 2.10. The monoisotopic (exact) mass is 170 g/mol. The van der Waals surface area contributed by atoms with Gasteiger partial charge in [0.2, 0.25) is 0 Å². The van der Waals surface area contributed by atoms with E-state index in [0.717, 1.165) is 18.6 Å². The smallest absolute Gasteiger partial charge is 0.139 e. The van der Waals surface area contributed by atoms with Crippen molar-refractivity contribution >= 4 is 13.3 Å². The fraction of sp³-hybridized carbons (Fsp3) is 0.273. The Morgan fingerprint density at radius 2 is 2.23 bits per heavy atom. The van der Waals surface area contributed by atoms with Gasteiger partial charge < -0.3 is 4.74 Å². The van der Waals surface area contributed by atoms with Gasteiger partial charge in [0.1, 0.15) is 13.6 Å². The van der Waals surface area contributed by atoms with Crippen molar-refractivity contribution in [2.75, 3.05) is 6.61 Å². The highest BCUT2D eigenvalue weighted by molar-refractivity contribution is 6.32. The Morgan fingerprint density at radius 1 is 1.31 bits per heavy atom. The lowest BCUT2D eigenvalue weighted by molar-refractivity contribution is 0.323. The van der Waals surface area contributed by atoms with E-state index in [2.05, 4.69) is 31.8 Å². The molecule has 0 unspecified atom stereocenters. The van der Waals surface area contributed by atoms with Crippen molar-refractivity contribution in [1.29, 1.82) is 0 Å². The number of rotatable bonds is 0. The zero-order valence-electron chi connectivity index (χ0n) is 7.76. The maximum absolute atomic E-state index is 5.58. The molecule has 0 fully saturated rings. The van der Waals surface area contributed by atoms with Crippen molar-refractivity contribution in [3.05, 3.63) is 23.8 Å². The second kappa shape index (κ2) is 3.57. The van der Waals surface area contributed by atoms with E-state index in [1.165, 1.54) is 11.0 Å². The summed E-state index contributed by atoms with van der Waals surface area (Å²) in [6, 6.07) is 6.26. The molecule has 1 heterocycles. The molecule has 0 radical (unpaired) electrons. The Kier molecular flexibility index (Phi) is 2.27. The standard InChI is InChI=1S/C11H11BO/c12-10-5-6-11-9(8-10)4-2-1-3-7-13-11/h5-6,8H,3-4,7,12H2. The first-order valence-corrected chi connectivity index (χ1v) is 4.54. The molecule has 1 aliphatic rings. The van der Waals surface area contributed by atoms with Crippen molar-refractivity contribution in [2.24, 2.45) is 0 Å². The van der Waals surface area contributed by atoms with Gasteiger partial charge in [0.05, 0.1) is 6.61 Å². The zero-order chi connectivity index (χ0) is 9.10. The molecule has 0 amide bonds. The van der Waals surface area contributed by atoms with Gasteiger partial charge in [-0.2, -0.15) is 0 Å². The SMILES string of the molecule is Bc1ccc2c(c1)CC#CCCO2. The minimum atomic E-state index is 0.711. The fourth-order valence-electron chi connectivity index (χ4n) is 1.45. The predicted octanol–water partition coefficient (Wildman–Crippen LogP) is 0.273. The van der Waals surface area contributed by atoms with Gasteiger partial charge in [-0.3, -0.25) is 0 Å². The second-order valence-corrected chi connectivity index (χ2v) is 3.24. The molecule has 0 spiro atoms. The first-order valence-electron chi connectivity index (χ1n) is 4.54. The molecule has 0 atom stereocenters. The molecule has 0 saturated carbocycles. The van der Waals surface area contributed by atoms with E-state index in [-0.39, 0.29) is 0 Å². The summed E-state index contributed by atoms with van der Waals surface area (Å²) in [5.74, 6) is 7.21. The van der Waals surface area contributed by atoms with Crippen LogP contribution in [0.5, 0.6) is 5.75 Å². The van der Waals surface area contributed by atoms with Crippen molar-refractivity contribution in [2.45, 2.75) is 12.8 Å². The van der Waals surface area contributed by atoms with Crippen LogP contribution in [-0.2, 0) is 6.42 Å². The zero-order valence-corrected chi connectivity index (χ0v) is 7.76. The topological polar surface area (TPSA) is 9.23 Å². The highest BCUT2D eigenvalue weighted by Gasteiger charge is 2.03. The molecule has 0 aromatic heterocycles. The minimum Gasteiger partial charge on any atom is -0.492 e. The van der Waals surface area contributed by atoms with Crippen molar-refractivity contribution < 1.29 is 4.74 Å². The van der Waals surface area contributed by atoms with Crippen LogP contribution in [0.25, 0.3) is 0 Å². The normalized spacial score (nSPS) is 14.2. The van der Waals surface area contributed by atoms with Crippen LogP contribution in [0.2, 0.25) is 0 Å². The van der Waals surface area contributed by atoms with Gasteiger partial charge in [0.15, 0.2) is 0 Å². The Hall–Kier alpha value is -1.36. The van der Waals surface area contributed by atoms with Gasteiger partial charge in [-0.25, -0.2) is 0 Å². The third kappa shape index (κ3) is 1.87. The molecule has 0 N–H and O–H groups in total. The van der Waals surface area contributed by atoms with Crippen LogP contribution in [0.3, 0.4) is 0 Å². The van der Waals surface area contributed by atoms with Crippen molar-refractivity contribution in [3.63, 3.8) is 0 Å². The first kappa shape index (κ1) is 8.25. The molecule has 1 nitrogen and oxygen atoms in total. The van der Waals surface area contributed by atoms with Gasteiger partial charge in [-0.05, 0) is 6.07 Å². The number of fused-ring (bicyclic) bond motifs is 1. The van der Waals surface area contributed by atoms with E-state index in [1.807, 2.05) is 6.07 Å². The van der Waals surface area contributed by atoms with Gasteiger partial charge in [0.25, 0.3) is 0 Å². The molecule has 64 valence electrons. The van der Waals surface area contributed by atoms with Gasteiger partial charge >= 0.3 is 0 Å². The van der Waals surface area contributed by atoms with E-state index >= 15 is 0 Å². The van der Waals surface area contributed by atoms with Crippen molar-refractivity contribution in [1.82, 2.24) is 0 Å². The highest BCUT2D eigenvalue weighted by atomic mass is 16.5. The van der Waals surface area contributed by atoms with Crippen LogP contribution in [0, 0.1) is 11.8 Å². The van der Waals surface area contributed by atoms with E-state index in [4.69, 9.17) is 4.74 Å². The molecule has 2 heteroatoms. The lowest BCUT2D eigenvalue weighted by Gasteiger charge is -2.11. The van der Waals surface area contributed by atoms with E-state index in [1.54, 1.807) is 0 Å². The molecule has 13 heavy (non-hydrogen) atoms. The molecule has 0 saturated heterocycles. The molecule has 0 bridgehead atoms. The van der Waals surface area contributed by atoms with Crippen LogP contribution < -0.4 is 10.2 Å². The summed E-state index contributed by atoms with van der Waals surface area (Å²) in [4.78, 5) is 0.